The van der Waals surface area contributed by atoms with E-state index < -0.39 is 6.10 Å². The molecule has 2 aromatic heterocycles. The van der Waals surface area contributed by atoms with Crippen molar-refractivity contribution in [3.63, 3.8) is 0 Å². The van der Waals surface area contributed by atoms with Crippen LogP contribution in [0.4, 0.5) is 5.82 Å². The maximum absolute atomic E-state index is 13.0. The topological polar surface area (TPSA) is 80.6 Å². The minimum atomic E-state index is -0.579. The molecule has 0 saturated carbocycles. The van der Waals surface area contributed by atoms with Gasteiger partial charge in [0.2, 0.25) is 5.91 Å². The summed E-state index contributed by atoms with van der Waals surface area (Å²) in [4.78, 5) is 33.0. The molecule has 2 amide bonds. The molecular formula is C22H27N5O3. The minimum absolute atomic E-state index is 0.0154. The number of allylic oxidation sites excluding steroid dienone is 1. The molecule has 158 valence electrons. The molecule has 30 heavy (non-hydrogen) atoms. The van der Waals surface area contributed by atoms with Gasteiger partial charge < -0.3 is 9.64 Å². The SMILES string of the molecule is CC(=O)N1C=C(c2ccc3c(n2)N(Cc2c(C)nn(C)c2C)C(=O)[C@@H](C)O3)CCC1. The summed E-state index contributed by atoms with van der Waals surface area (Å²) in [5.74, 6) is 0.989. The second-order valence-corrected chi connectivity index (χ2v) is 7.95. The van der Waals surface area contributed by atoms with E-state index in [-0.39, 0.29) is 11.8 Å². The third kappa shape index (κ3) is 3.46. The van der Waals surface area contributed by atoms with Crippen LogP contribution in [0, 0.1) is 13.8 Å². The average molecular weight is 409 g/mol. The Balaban J connectivity index is 1.74. The van der Waals surface area contributed by atoms with E-state index in [0.717, 1.165) is 41.1 Å². The Labute approximate surface area is 176 Å². The Bertz CT molecular complexity index is 1060. The smallest absolute Gasteiger partial charge is 0.269 e. The van der Waals surface area contributed by atoms with Gasteiger partial charge in [-0.2, -0.15) is 5.10 Å². The number of hydrogen-bond acceptors (Lipinski definition) is 5. The summed E-state index contributed by atoms with van der Waals surface area (Å²) in [7, 11) is 1.90. The van der Waals surface area contributed by atoms with Crippen molar-refractivity contribution in [3.05, 3.63) is 41.0 Å². The molecule has 2 aliphatic heterocycles. The highest BCUT2D eigenvalue weighted by molar-refractivity contribution is 5.99. The highest BCUT2D eigenvalue weighted by Gasteiger charge is 2.34. The number of rotatable bonds is 3. The van der Waals surface area contributed by atoms with Crippen molar-refractivity contribution in [3.8, 4) is 5.75 Å². The van der Waals surface area contributed by atoms with Crippen LogP contribution in [0.5, 0.6) is 5.75 Å². The number of anilines is 1. The molecule has 0 aliphatic carbocycles. The zero-order chi connectivity index (χ0) is 21.6. The lowest BCUT2D eigenvalue weighted by Crippen LogP contribution is -2.44. The van der Waals surface area contributed by atoms with Gasteiger partial charge in [0, 0.05) is 38.0 Å². The maximum atomic E-state index is 13.0. The maximum Gasteiger partial charge on any atom is 0.269 e. The Morgan fingerprint density at radius 3 is 2.73 bits per heavy atom. The summed E-state index contributed by atoms with van der Waals surface area (Å²) >= 11 is 0. The lowest BCUT2D eigenvalue weighted by atomic mass is 10.0. The highest BCUT2D eigenvalue weighted by Crippen LogP contribution is 2.36. The van der Waals surface area contributed by atoms with Crippen molar-refractivity contribution >= 4 is 23.2 Å². The van der Waals surface area contributed by atoms with E-state index in [0.29, 0.717) is 24.7 Å². The third-order valence-corrected chi connectivity index (χ3v) is 5.88. The van der Waals surface area contributed by atoms with Gasteiger partial charge in [-0.3, -0.25) is 19.2 Å². The fraction of sp³-hybridized carbons (Fsp3) is 0.455. The monoisotopic (exact) mass is 409 g/mol. The zero-order valence-corrected chi connectivity index (χ0v) is 18.1. The number of pyridine rings is 1. The molecule has 2 aromatic rings. The van der Waals surface area contributed by atoms with Crippen molar-refractivity contribution < 1.29 is 14.3 Å². The number of aryl methyl sites for hydroxylation is 2. The number of carbonyl (C=O) groups excluding carboxylic acids is 2. The van der Waals surface area contributed by atoms with E-state index in [4.69, 9.17) is 9.72 Å². The van der Waals surface area contributed by atoms with Gasteiger partial charge >= 0.3 is 0 Å². The first-order valence-corrected chi connectivity index (χ1v) is 10.2. The number of fused-ring (bicyclic) bond motifs is 1. The van der Waals surface area contributed by atoms with Crippen molar-refractivity contribution in [1.82, 2.24) is 19.7 Å². The highest BCUT2D eigenvalue weighted by atomic mass is 16.5. The molecule has 8 heteroatoms. The van der Waals surface area contributed by atoms with E-state index in [1.165, 1.54) is 0 Å². The Morgan fingerprint density at radius 2 is 2.07 bits per heavy atom. The van der Waals surface area contributed by atoms with E-state index in [1.807, 2.05) is 43.9 Å². The van der Waals surface area contributed by atoms with Crippen LogP contribution in [-0.2, 0) is 23.2 Å². The van der Waals surface area contributed by atoms with Gasteiger partial charge in [0.25, 0.3) is 5.91 Å². The van der Waals surface area contributed by atoms with Gasteiger partial charge in [-0.25, -0.2) is 4.98 Å². The molecule has 4 rings (SSSR count). The van der Waals surface area contributed by atoms with Crippen molar-refractivity contribution in [2.45, 2.75) is 53.2 Å². The molecule has 0 saturated heterocycles. The van der Waals surface area contributed by atoms with Gasteiger partial charge in [-0.15, -0.1) is 0 Å². The minimum Gasteiger partial charge on any atom is -0.477 e. The third-order valence-electron chi connectivity index (χ3n) is 5.88. The quantitative estimate of drug-likeness (QED) is 0.779. The zero-order valence-electron chi connectivity index (χ0n) is 18.1. The first-order valence-electron chi connectivity index (χ1n) is 10.2. The Kier molecular flexibility index (Phi) is 5.09. The number of nitrogens with zero attached hydrogens (tertiary/aromatic N) is 5. The first-order chi connectivity index (χ1) is 14.3. The lowest BCUT2D eigenvalue weighted by molar-refractivity contribution is -0.126. The van der Waals surface area contributed by atoms with Gasteiger partial charge in [-0.05, 0) is 51.3 Å². The van der Waals surface area contributed by atoms with Crippen LogP contribution in [0.3, 0.4) is 0 Å². The lowest BCUT2D eigenvalue weighted by Gasteiger charge is -2.32. The molecule has 0 aromatic carbocycles. The standard InChI is InChI=1S/C22H27N5O3/c1-13-18(14(2)25(5)24-13)12-27-21-20(30-15(3)22(27)29)9-8-19(23-21)17-7-6-10-26(11-17)16(4)28/h8-9,11,15H,6-7,10,12H2,1-5H3/t15-/m1/s1. The molecule has 0 spiro atoms. The van der Waals surface area contributed by atoms with Crippen LogP contribution in [0.25, 0.3) is 5.57 Å². The van der Waals surface area contributed by atoms with Gasteiger partial charge in [0.05, 0.1) is 17.9 Å². The number of hydrogen-bond donors (Lipinski definition) is 0. The average Bonchev–Trinajstić information content (AvgIpc) is 2.96. The fourth-order valence-electron chi connectivity index (χ4n) is 4.02. The van der Waals surface area contributed by atoms with Gasteiger partial charge in [0.1, 0.15) is 0 Å². The van der Waals surface area contributed by atoms with Crippen LogP contribution in [0.2, 0.25) is 0 Å². The summed E-state index contributed by atoms with van der Waals surface area (Å²) < 4.78 is 7.65. The van der Waals surface area contributed by atoms with Crippen LogP contribution < -0.4 is 9.64 Å². The summed E-state index contributed by atoms with van der Waals surface area (Å²) in [6.07, 6.45) is 3.01. The molecule has 1 atom stereocenters. The number of carbonyl (C=O) groups is 2. The second-order valence-electron chi connectivity index (χ2n) is 7.95. The van der Waals surface area contributed by atoms with Crippen molar-refractivity contribution in [2.24, 2.45) is 7.05 Å². The van der Waals surface area contributed by atoms with Crippen LogP contribution in [-0.4, -0.2) is 44.1 Å². The Hall–Kier alpha value is -3.16. The van der Waals surface area contributed by atoms with E-state index in [9.17, 15) is 9.59 Å². The van der Waals surface area contributed by atoms with E-state index >= 15 is 0 Å². The normalized spacial score (nSPS) is 18.8. The molecule has 0 bridgehead atoms. The number of ether oxygens (including phenoxy) is 1. The van der Waals surface area contributed by atoms with Gasteiger partial charge in [-0.1, -0.05) is 0 Å². The van der Waals surface area contributed by atoms with Crippen LogP contribution >= 0.6 is 0 Å². The van der Waals surface area contributed by atoms with E-state index in [2.05, 4.69) is 5.10 Å². The Morgan fingerprint density at radius 1 is 1.30 bits per heavy atom. The number of amides is 2. The molecule has 0 N–H and O–H groups in total. The second kappa shape index (κ2) is 7.59. The molecule has 4 heterocycles. The first kappa shape index (κ1) is 20.1. The van der Waals surface area contributed by atoms with Crippen LogP contribution in [0.1, 0.15) is 49.3 Å². The molecule has 8 nitrogen and oxygen atoms in total. The molecular weight excluding hydrogens is 382 g/mol. The predicted octanol–water partition coefficient (Wildman–Crippen LogP) is 2.73. The predicted molar refractivity (Wildman–Crippen MR) is 113 cm³/mol. The number of aromatic nitrogens is 3. The summed E-state index contributed by atoms with van der Waals surface area (Å²) in [6.45, 7) is 8.37. The summed E-state index contributed by atoms with van der Waals surface area (Å²) in [5, 5.41) is 4.47. The summed E-state index contributed by atoms with van der Waals surface area (Å²) in [5.41, 5.74) is 4.67. The van der Waals surface area contributed by atoms with Crippen molar-refractivity contribution in [2.75, 3.05) is 11.4 Å². The molecule has 0 fully saturated rings. The van der Waals surface area contributed by atoms with E-state index in [1.54, 1.807) is 23.6 Å². The molecule has 2 aliphatic rings. The van der Waals surface area contributed by atoms with Crippen LogP contribution in [0.15, 0.2) is 18.3 Å². The fourth-order valence-corrected chi connectivity index (χ4v) is 4.02. The largest absolute Gasteiger partial charge is 0.477 e. The summed E-state index contributed by atoms with van der Waals surface area (Å²) in [6, 6.07) is 3.76. The molecule has 0 radical (unpaired) electrons. The van der Waals surface area contributed by atoms with Crippen molar-refractivity contribution in [1.29, 1.82) is 0 Å². The molecule has 0 unspecified atom stereocenters. The van der Waals surface area contributed by atoms with Gasteiger partial charge in [0.15, 0.2) is 17.7 Å².